The van der Waals surface area contributed by atoms with Gasteiger partial charge in [-0.2, -0.15) is 0 Å². The van der Waals surface area contributed by atoms with Crippen LogP contribution >= 0.6 is 0 Å². The quantitative estimate of drug-likeness (QED) is 0.893. The van der Waals surface area contributed by atoms with Crippen LogP contribution in [0.5, 0.6) is 5.75 Å². The molecule has 2 atom stereocenters. The number of hydrogen-bond donors (Lipinski definition) is 2. The fourth-order valence-electron chi connectivity index (χ4n) is 2.82. The van der Waals surface area contributed by atoms with Crippen molar-refractivity contribution in [3.63, 3.8) is 0 Å². The van der Waals surface area contributed by atoms with Gasteiger partial charge < -0.3 is 20.3 Å². The Kier molecular flexibility index (Phi) is 3.92. The van der Waals surface area contributed by atoms with E-state index in [4.69, 9.17) is 4.74 Å². The number of rotatable bonds is 3. The molecule has 1 aromatic carbocycles. The molecule has 1 saturated heterocycles. The van der Waals surface area contributed by atoms with E-state index in [1.165, 1.54) is 0 Å². The molecule has 0 aromatic heterocycles. The van der Waals surface area contributed by atoms with E-state index in [1.807, 2.05) is 17.9 Å². The van der Waals surface area contributed by atoms with E-state index < -0.39 is 6.10 Å². The first kappa shape index (κ1) is 14.7. The molecule has 0 aliphatic carbocycles. The minimum atomic E-state index is -0.484. The first-order chi connectivity index (χ1) is 10.5. The van der Waals surface area contributed by atoms with Gasteiger partial charge in [-0.25, -0.2) is 0 Å². The van der Waals surface area contributed by atoms with Crippen LogP contribution in [0.15, 0.2) is 18.2 Å². The lowest BCUT2D eigenvalue weighted by molar-refractivity contribution is -0.130. The molecular weight excluding hydrogens is 282 g/mol. The molecule has 0 bridgehead atoms. The summed E-state index contributed by atoms with van der Waals surface area (Å²) in [6.45, 7) is 5.26. The van der Waals surface area contributed by atoms with Crippen molar-refractivity contribution in [2.24, 2.45) is 0 Å². The Morgan fingerprint density at radius 2 is 2.14 bits per heavy atom. The molecule has 3 rings (SSSR count). The molecule has 6 nitrogen and oxygen atoms in total. The second kappa shape index (κ2) is 5.87. The van der Waals surface area contributed by atoms with E-state index in [9.17, 15) is 9.59 Å². The second-order valence-corrected chi connectivity index (χ2v) is 5.86. The average Bonchev–Trinajstić information content (AvgIpc) is 3.02. The summed E-state index contributed by atoms with van der Waals surface area (Å²) in [5.74, 6) is 0.603. The maximum atomic E-state index is 12.3. The van der Waals surface area contributed by atoms with Crippen molar-refractivity contribution in [1.82, 2.24) is 4.90 Å². The molecule has 1 fully saturated rings. The molecule has 2 aliphatic rings. The Morgan fingerprint density at radius 3 is 2.86 bits per heavy atom. The molecule has 0 spiro atoms. The Hall–Kier alpha value is -2.24. The average molecular weight is 303 g/mol. The number of nitrogens with one attached hydrogen (secondary N) is 2. The second-order valence-electron chi connectivity index (χ2n) is 5.86. The van der Waals surface area contributed by atoms with Crippen molar-refractivity contribution < 1.29 is 14.3 Å². The number of fused-ring (bicyclic) bond motifs is 1. The smallest absolute Gasteiger partial charge is 0.265 e. The van der Waals surface area contributed by atoms with Gasteiger partial charge in [-0.1, -0.05) is 0 Å². The molecule has 0 radical (unpaired) electrons. The van der Waals surface area contributed by atoms with Gasteiger partial charge >= 0.3 is 0 Å². The largest absolute Gasteiger partial charge is 0.479 e. The fraction of sp³-hybridized carbons (Fsp3) is 0.500. The zero-order chi connectivity index (χ0) is 15.7. The van der Waals surface area contributed by atoms with Crippen molar-refractivity contribution in [3.8, 4) is 5.75 Å². The summed E-state index contributed by atoms with van der Waals surface area (Å²) >= 11 is 0. The van der Waals surface area contributed by atoms with Crippen LogP contribution < -0.4 is 15.4 Å². The van der Waals surface area contributed by atoms with E-state index in [0.29, 0.717) is 11.4 Å². The van der Waals surface area contributed by atoms with Crippen LogP contribution in [0.3, 0.4) is 0 Å². The first-order valence-electron chi connectivity index (χ1n) is 7.71. The minimum Gasteiger partial charge on any atom is -0.479 e. The van der Waals surface area contributed by atoms with Gasteiger partial charge in [0.05, 0.1) is 5.69 Å². The summed E-state index contributed by atoms with van der Waals surface area (Å²) in [4.78, 5) is 25.8. The number of likely N-dealkylation sites (tertiary alicyclic amines) is 1. The lowest BCUT2D eigenvalue weighted by Crippen LogP contribution is -2.39. The summed E-state index contributed by atoms with van der Waals surface area (Å²) in [6.07, 6.45) is 1.68. The normalized spacial score (nSPS) is 21.6. The molecular formula is C16H21N3O3. The molecule has 2 heterocycles. The van der Waals surface area contributed by atoms with Gasteiger partial charge in [0.1, 0.15) is 11.8 Å². The van der Waals surface area contributed by atoms with Gasteiger partial charge in [-0.3, -0.25) is 9.59 Å². The van der Waals surface area contributed by atoms with Crippen LogP contribution in [-0.2, 0) is 9.59 Å². The molecule has 0 unspecified atom stereocenters. The maximum Gasteiger partial charge on any atom is 0.265 e. The standard InChI is InChI=1S/C16H21N3O3/c1-10(16(21)19-7-3-4-8-19)17-12-5-6-14-13(9-12)18-15(20)11(2)22-14/h5-6,9-11,17H,3-4,7-8H2,1-2H3,(H,18,20)/t10-,11+/m0/s1. The number of anilines is 2. The van der Waals surface area contributed by atoms with Crippen LogP contribution in [0.25, 0.3) is 0 Å². The Bertz CT molecular complexity index is 596. The molecule has 0 saturated carbocycles. The van der Waals surface area contributed by atoms with E-state index in [0.717, 1.165) is 31.6 Å². The summed E-state index contributed by atoms with van der Waals surface area (Å²) < 4.78 is 5.52. The highest BCUT2D eigenvalue weighted by Gasteiger charge is 2.25. The highest BCUT2D eigenvalue weighted by molar-refractivity contribution is 5.98. The predicted molar refractivity (Wildman–Crippen MR) is 84.1 cm³/mol. The van der Waals surface area contributed by atoms with Crippen molar-refractivity contribution >= 4 is 23.2 Å². The van der Waals surface area contributed by atoms with Crippen molar-refractivity contribution in [2.45, 2.75) is 38.8 Å². The van der Waals surface area contributed by atoms with Gasteiger partial charge in [0, 0.05) is 18.8 Å². The zero-order valence-corrected chi connectivity index (χ0v) is 12.9. The zero-order valence-electron chi connectivity index (χ0n) is 12.9. The lowest BCUT2D eigenvalue weighted by Gasteiger charge is -2.25. The summed E-state index contributed by atoms with van der Waals surface area (Å²) in [6, 6.07) is 5.17. The molecule has 2 aliphatic heterocycles. The van der Waals surface area contributed by atoms with Gasteiger partial charge in [-0.05, 0) is 44.9 Å². The minimum absolute atomic E-state index is 0.115. The van der Waals surface area contributed by atoms with Crippen LogP contribution in [0, 0.1) is 0 Å². The highest BCUT2D eigenvalue weighted by atomic mass is 16.5. The molecule has 2 N–H and O–H groups in total. The number of hydrogen-bond acceptors (Lipinski definition) is 4. The number of carbonyl (C=O) groups excluding carboxylic acids is 2. The summed E-state index contributed by atoms with van der Waals surface area (Å²) in [5, 5.41) is 6.00. The Balaban J connectivity index is 1.69. The number of benzene rings is 1. The number of carbonyl (C=O) groups is 2. The Labute approximate surface area is 129 Å². The van der Waals surface area contributed by atoms with Gasteiger partial charge in [0.15, 0.2) is 6.10 Å². The summed E-state index contributed by atoms with van der Waals surface area (Å²) in [5.41, 5.74) is 1.42. The first-order valence-corrected chi connectivity index (χ1v) is 7.71. The molecule has 118 valence electrons. The Morgan fingerprint density at radius 1 is 1.41 bits per heavy atom. The van der Waals surface area contributed by atoms with Crippen molar-refractivity contribution in [3.05, 3.63) is 18.2 Å². The number of nitrogens with zero attached hydrogens (tertiary/aromatic N) is 1. The van der Waals surface area contributed by atoms with Crippen LogP contribution in [0.2, 0.25) is 0 Å². The highest BCUT2D eigenvalue weighted by Crippen LogP contribution is 2.32. The van der Waals surface area contributed by atoms with Crippen LogP contribution in [0.4, 0.5) is 11.4 Å². The van der Waals surface area contributed by atoms with E-state index in [-0.39, 0.29) is 17.9 Å². The number of amides is 2. The monoisotopic (exact) mass is 303 g/mol. The van der Waals surface area contributed by atoms with Crippen molar-refractivity contribution in [2.75, 3.05) is 23.7 Å². The third-order valence-corrected chi connectivity index (χ3v) is 4.08. The van der Waals surface area contributed by atoms with E-state index in [1.54, 1.807) is 19.1 Å². The summed E-state index contributed by atoms with van der Waals surface area (Å²) in [7, 11) is 0. The van der Waals surface area contributed by atoms with Crippen molar-refractivity contribution in [1.29, 1.82) is 0 Å². The van der Waals surface area contributed by atoms with Gasteiger partial charge in [0.2, 0.25) is 5.91 Å². The lowest BCUT2D eigenvalue weighted by atomic mass is 10.2. The number of ether oxygens (including phenoxy) is 1. The molecule has 2 amide bonds. The van der Waals surface area contributed by atoms with Gasteiger partial charge in [-0.15, -0.1) is 0 Å². The topological polar surface area (TPSA) is 70.7 Å². The predicted octanol–water partition coefficient (Wildman–Crippen LogP) is 1.83. The molecule has 22 heavy (non-hydrogen) atoms. The molecule has 6 heteroatoms. The van der Waals surface area contributed by atoms with Crippen LogP contribution in [-0.4, -0.2) is 41.9 Å². The molecule has 1 aromatic rings. The fourth-order valence-corrected chi connectivity index (χ4v) is 2.82. The van der Waals surface area contributed by atoms with E-state index in [2.05, 4.69) is 10.6 Å². The third kappa shape index (κ3) is 2.86. The maximum absolute atomic E-state index is 12.3. The third-order valence-electron chi connectivity index (χ3n) is 4.08. The van der Waals surface area contributed by atoms with Crippen LogP contribution in [0.1, 0.15) is 26.7 Å². The van der Waals surface area contributed by atoms with Gasteiger partial charge in [0.25, 0.3) is 5.91 Å². The SMILES string of the molecule is C[C@H](Nc1ccc2c(c1)NC(=O)[C@@H](C)O2)C(=O)N1CCCC1. The van der Waals surface area contributed by atoms with E-state index >= 15 is 0 Å².